The number of rotatable bonds is 7. The summed E-state index contributed by atoms with van der Waals surface area (Å²) in [6.45, 7) is 4.32. The zero-order valence-electron chi connectivity index (χ0n) is 15.4. The van der Waals surface area contributed by atoms with Gasteiger partial charge < -0.3 is 14.6 Å². The van der Waals surface area contributed by atoms with E-state index < -0.39 is 5.97 Å². The standard InChI is InChI=1S/C21H24O3.Na/c1-15(2)16-7-9-17(10-8-16)20(5-4-6-21(22)23)18-11-13-19(24-3)14-12-18;/h5,7-15H,4,6H2,1-3H3,(H,22,23);/q;+1/p-1/b20-5+;. The third-order valence-corrected chi connectivity index (χ3v) is 3.99. The van der Waals surface area contributed by atoms with E-state index in [2.05, 4.69) is 38.1 Å². The fourth-order valence-corrected chi connectivity index (χ4v) is 2.55. The maximum Gasteiger partial charge on any atom is 1.00 e. The molecule has 0 spiro atoms. The molecule has 0 saturated carbocycles. The summed E-state index contributed by atoms with van der Waals surface area (Å²) in [5.74, 6) is 0.240. The molecule has 0 atom stereocenters. The van der Waals surface area contributed by atoms with Crippen LogP contribution >= 0.6 is 0 Å². The van der Waals surface area contributed by atoms with E-state index in [4.69, 9.17) is 4.74 Å². The van der Waals surface area contributed by atoms with Crippen molar-refractivity contribution in [1.82, 2.24) is 0 Å². The van der Waals surface area contributed by atoms with Crippen molar-refractivity contribution >= 4 is 11.5 Å². The molecule has 0 amide bonds. The second-order valence-corrected chi connectivity index (χ2v) is 6.03. The molecule has 4 heteroatoms. The topological polar surface area (TPSA) is 49.4 Å². The van der Waals surface area contributed by atoms with Gasteiger partial charge in [-0.05, 0) is 53.2 Å². The molecule has 0 fully saturated rings. The van der Waals surface area contributed by atoms with E-state index in [1.165, 1.54) is 5.56 Å². The van der Waals surface area contributed by atoms with E-state index in [0.29, 0.717) is 12.3 Å². The van der Waals surface area contributed by atoms with Crippen LogP contribution < -0.4 is 39.4 Å². The van der Waals surface area contributed by atoms with E-state index in [9.17, 15) is 9.90 Å². The number of methoxy groups -OCH3 is 1. The van der Waals surface area contributed by atoms with Crippen molar-refractivity contribution in [2.24, 2.45) is 0 Å². The SMILES string of the molecule is COc1ccc(/C(=C/CCC(=O)[O-])c2ccc(C(C)C)cc2)cc1.[Na+]. The van der Waals surface area contributed by atoms with Crippen molar-refractivity contribution < 1.29 is 44.2 Å². The van der Waals surface area contributed by atoms with Crippen LogP contribution in [0.15, 0.2) is 54.6 Å². The molecular formula is C21H23NaO3. The fourth-order valence-electron chi connectivity index (χ4n) is 2.55. The Morgan fingerprint density at radius 3 is 2.00 bits per heavy atom. The molecule has 126 valence electrons. The molecule has 0 heterocycles. The van der Waals surface area contributed by atoms with Crippen molar-refractivity contribution in [1.29, 1.82) is 0 Å². The van der Waals surface area contributed by atoms with Gasteiger partial charge in [0.25, 0.3) is 0 Å². The first-order valence-corrected chi connectivity index (χ1v) is 8.16. The van der Waals surface area contributed by atoms with Crippen molar-refractivity contribution in [3.05, 3.63) is 71.3 Å². The third-order valence-electron chi connectivity index (χ3n) is 3.99. The molecule has 0 aliphatic heterocycles. The number of hydrogen-bond acceptors (Lipinski definition) is 3. The van der Waals surface area contributed by atoms with Crippen molar-refractivity contribution in [2.75, 3.05) is 7.11 Å². The molecule has 2 aromatic rings. The van der Waals surface area contributed by atoms with Gasteiger partial charge in [-0.15, -0.1) is 0 Å². The van der Waals surface area contributed by atoms with Crippen molar-refractivity contribution in [2.45, 2.75) is 32.6 Å². The number of allylic oxidation sites excluding steroid dienone is 1. The first-order chi connectivity index (χ1) is 11.5. The van der Waals surface area contributed by atoms with E-state index >= 15 is 0 Å². The second-order valence-electron chi connectivity index (χ2n) is 6.03. The first-order valence-electron chi connectivity index (χ1n) is 8.16. The largest absolute Gasteiger partial charge is 1.00 e. The van der Waals surface area contributed by atoms with Crippen LogP contribution in [-0.4, -0.2) is 13.1 Å². The van der Waals surface area contributed by atoms with Gasteiger partial charge in [0.15, 0.2) is 0 Å². The summed E-state index contributed by atoms with van der Waals surface area (Å²) in [7, 11) is 1.64. The van der Waals surface area contributed by atoms with Crippen LogP contribution in [0.5, 0.6) is 5.75 Å². The summed E-state index contributed by atoms with van der Waals surface area (Å²) < 4.78 is 5.20. The van der Waals surface area contributed by atoms with Gasteiger partial charge >= 0.3 is 29.6 Å². The predicted octanol–water partition coefficient (Wildman–Crippen LogP) is 0.784. The normalized spacial score (nSPS) is 11.1. The van der Waals surface area contributed by atoms with E-state index in [1.807, 2.05) is 30.3 Å². The van der Waals surface area contributed by atoms with E-state index in [-0.39, 0.29) is 36.0 Å². The minimum absolute atomic E-state index is 0. The Morgan fingerprint density at radius 2 is 1.56 bits per heavy atom. The van der Waals surface area contributed by atoms with Crippen LogP contribution in [0.2, 0.25) is 0 Å². The van der Waals surface area contributed by atoms with E-state index in [1.54, 1.807) is 7.11 Å². The van der Waals surface area contributed by atoms with Crippen LogP contribution in [-0.2, 0) is 4.79 Å². The Balaban J connectivity index is 0.00000312. The van der Waals surface area contributed by atoms with Crippen LogP contribution in [0, 0.1) is 0 Å². The minimum atomic E-state index is -1.03. The van der Waals surface area contributed by atoms with Gasteiger partial charge in [0.2, 0.25) is 0 Å². The first kappa shape index (κ1) is 21.5. The number of carboxylic acids is 1. The predicted molar refractivity (Wildman–Crippen MR) is 94.8 cm³/mol. The smallest absolute Gasteiger partial charge is 0.550 e. The van der Waals surface area contributed by atoms with Gasteiger partial charge in [-0.25, -0.2) is 0 Å². The molecule has 0 aliphatic rings. The third kappa shape index (κ3) is 6.35. The zero-order chi connectivity index (χ0) is 17.5. The Hall–Kier alpha value is -1.55. The number of carboxylic acid groups (broad SMARTS) is 1. The maximum absolute atomic E-state index is 10.7. The Bertz CT molecular complexity index is 701. The summed E-state index contributed by atoms with van der Waals surface area (Å²) in [4.78, 5) is 10.7. The number of aliphatic carboxylic acids is 1. The zero-order valence-corrected chi connectivity index (χ0v) is 17.4. The molecule has 0 aliphatic carbocycles. The van der Waals surface area contributed by atoms with Crippen molar-refractivity contribution in [3.8, 4) is 5.75 Å². The number of hydrogen-bond donors (Lipinski definition) is 0. The van der Waals surface area contributed by atoms with Gasteiger partial charge in [-0.2, -0.15) is 0 Å². The average Bonchev–Trinajstić information content (AvgIpc) is 2.59. The van der Waals surface area contributed by atoms with Gasteiger partial charge in [0.1, 0.15) is 5.75 Å². The van der Waals surface area contributed by atoms with E-state index in [0.717, 1.165) is 22.4 Å². The molecule has 2 rings (SSSR count). The fraction of sp³-hybridized carbons (Fsp3) is 0.286. The minimum Gasteiger partial charge on any atom is -0.550 e. The molecule has 0 N–H and O–H groups in total. The van der Waals surface area contributed by atoms with Crippen molar-refractivity contribution in [3.63, 3.8) is 0 Å². The molecule has 25 heavy (non-hydrogen) atoms. The van der Waals surface area contributed by atoms with Crippen LogP contribution in [0.3, 0.4) is 0 Å². The summed E-state index contributed by atoms with van der Waals surface area (Å²) >= 11 is 0. The molecule has 0 radical (unpaired) electrons. The molecule has 0 saturated heterocycles. The number of carbonyl (C=O) groups excluding carboxylic acids is 1. The molecule has 3 nitrogen and oxygen atoms in total. The van der Waals surface area contributed by atoms with Gasteiger partial charge in [0, 0.05) is 5.97 Å². The number of carbonyl (C=O) groups is 1. The quantitative estimate of drug-likeness (QED) is 0.697. The second kappa shape index (κ2) is 10.4. The molecule has 0 aromatic heterocycles. The Labute approximate surface area is 172 Å². The van der Waals surface area contributed by atoms with Crippen LogP contribution in [0.25, 0.3) is 5.57 Å². The Kier molecular flexibility index (Phi) is 8.98. The monoisotopic (exact) mass is 346 g/mol. The molecular weight excluding hydrogens is 323 g/mol. The summed E-state index contributed by atoms with van der Waals surface area (Å²) in [6.07, 6.45) is 2.42. The number of ether oxygens (including phenoxy) is 1. The van der Waals surface area contributed by atoms with Gasteiger partial charge in [-0.1, -0.05) is 56.3 Å². The molecule has 0 unspecified atom stereocenters. The van der Waals surface area contributed by atoms with Gasteiger partial charge in [-0.3, -0.25) is 0 Å². The molecule has 2 aromatic carbocycles. The van der Waals surface area contributed by atoms with Crippen LogP contribution in [0.1, 0.15) is 49.3 Å². The summed E-state index contributed by atoms with van der Waals surface area (Å²) in [6, 6.07) is 16.2. The summed E-state index contributed by atoms with van der Waals surface area (Å²) in [5, 5.41) is 10.7. The summed E-state index contributed by atoms with van der Waals surface area (Å²) in [5.41, 5.74) is 4.41. The van der Waals surface area contributed by atoms with Gasteiger partial charge in [0.05, 0.1) is 7.11 Å². The molecule has 0 bridgehead atoms. The average molecular weight is 346 g/mol. The maximum atomic E-state index is 10.7. The number of benzene rings is 2. The Morgan fingerprint density at radius 1 is 1.04 bits per heavy atom. The van der Waals surface area contributed by atoms with Crippen LogP contribution in [0.4, 0.5) is 0 Å².